The van der Waals surface area contributed by atoms with E-state index in [2.05, 4.69) is 29.5 Å². The van der Waals surface area contributed by atoms with Gasteiger partial charge in [0.25, 0.3) is 0 Å². The molecule has 0 aromatic heterocycles. The van der Waals surface area contributed by atoms with E-state index in [1.165, 1.54) is 12.8 Å². The highest BCUT2D eigenvalue weighted by molar-refractivity contribution is 5.79. The van der Waals surface area contributed by atoms with Crippen LogP contribution in [-0.4, -0.2) is 38.8 Å². The van der Waals surface area contributed by atoms with Crippen LogP contribution in [0.25, 0.3) is 0 Å². The molecule has 0 radical (unpaired) electrons. The van der Waals surface area contributed by atoms with Crippen molar-refractivity contribution in [2.24, 2.45) is 10.9 Å². The van der Waals surface area contributed by atoms with Crippen LogP contribution in [0.5, 0.6) is 0 Å². The number of hydrogen-bond acceptors (Lipinski definition) is 2. The van der Waals surface area contributed by atoms with Crippen molar-refractivity contribution >= 4 is 5.96 Å². The average Bonchev–Trinajstić information content (AvgIpc) is 2.34. The van der Waals surface area contributed by atoms with Crippen LogP contribution in [0.3, 0.4) is 0 Å². The van der Waals surface area contributed by atoms with E-state index >= 15 is 0 Å². The zero-order valence-corrected chi connectivity index (χ0v) is 12.3. The highest BCUT2D eigenvalue weighted by Crippen LogP contribution is 2.06. The minimum Gasteiger partial charge on any atom is -0.377 e. The van der Waals surface area contributed by atoms with Gasteiger partial charge in [-0.15, -0.1) is 0 Å². The Morgan fingerprint density at radius 3 is 2.24 bits per heavy atom. The predicted molar refractivity (Wildman–Crippen MR) is 74.5 cm³/mol. The molecule has 0 bridgehead atoms. The zero-order valence-electron chi connectivity index (χ0n) is 12.3. The summed E-state index contributed by atoms with van der Waals surface area (Å²) in [6.45, 7) is 10.3. The fourth-order valence-electron chi connectivity index (χ4n) is 1.41. The maximum Gasteiger partial charge on any atom is 0.191 e. The van der Waals surface area contributed by atoms with Gasteiger partial charge in [-0.05, 0) is 19.8 Å². The quantitative estimate of drug-likeness (QED) is 0.531. The van der Waals surface area contributed by atoms with E-state index in [1.807, 2.05) is 13.8 Å². The lowest BCUT2D eigenvalue weighted by atomic mass is 10.0. The van der Waals surface area contributed by atoms with Gasteiger partial charge < -0.3 is 15.4 Å². The summed E-state index contributed by atoms with van der Waals surface area (Å²) in [6.07, 6.45) is 2.40. The Bertz CT molecular complexity index is 223. The number of hydrogen-bond donors (Lipinski definition) is 2. The second-order valence-corrected chi connectivity index (χ2v) is 4.95. The SMILES string of the molecule is CCC(CC)CNC(=NC)NCC(C)(C)OC. The zero-order chi connectivity index (χ0) is 13.3. The molecule has 0 spiro atoms. The number of rotatable bonds is 7. The van der Waals surface area contributed by atoms with Gasteiger partial charge in [-0.3, -0.25) is 4.99 Å². The molecule has 0 amide bonds. The smallest absolute Gasteiger partial charge is 0.191 e. The molecule has 0 saturated heterocycles. The van der Waals surface area contributed by atoms with E-state index in [0.29, 0.717) is 5.92 Å². The molecular formula is C13H29N3O. The highest BCUT2D eigenvalue weighted by Gasteiger charge is 2.16. The Hall–Kier alpha value is -0.770. The molecule has 0 unspecified atom stereocenters. The van der Waals surface area contributed by atoms with E-state index in [-0.39, 0.29) is 5.60 Å². The maximum absolute atomic E-state index is 5.36. The molecule has 4 nitrogen and oxygen atoms in total. The molecule has 0 rings (SSSR count). The third kappa shape index (κ3) is 7.21. The molecule has 0 saturated carbocycles. The van der Waals surface area contributed by atoms with Crippen molar-refractivity contribution in [1.82, 2.24) is 10.6 Å². The first-order valence-electron chi connectivity index (χ1n) is 6.48. The molecule has 4 heteroatoms. The second-order valence-electron chi connectivity index (χ2n) is 4.95. The Labute approximate surface area is 106 Å². The van der Waals surface area contributed by atoms with Gasteiger partial charge in [0.2, 0.25) is 0 Å². The minimum atomic E-state index is -0.174. The van der Waals surface area contributed by atoms with Crippen LogP contribution in [0, 0.1) is 5.92 Å². The van der Waals surface area contributed by atoms with Gasteiger partial charge in [-0.25, -0.2) is 0 Å². The Kier molecular flexibility index (Phi) is 7.96. The topological polar surface area (TPSA) is 45.7 Å². The molecule has 2 N–H and O–H groups in total. The lowest BCUT2D eigenvalue weighted by Gasteiger charge is -2.25. The molecule has 0 aromatic carbocycles. The molecule has 0 aromatic rings. The standard InChI is InChI=1S/C13H29N3O/c1-7-11(8-2)9-15-12(14-5)16-10-13(3,4)17-6/h11H,7-10H2,1-6H3,(H2,14,15,16). The second kappa shape index (κ2) is 8.34. The Morgan fingerprint density at radius 2 is 1.82 bits per heavy atom. The van der Waals surface area contributed by atoms with E-state index in [1.54, 1.807) is 14.2 Å². The van der Waals surface area contributed by atoms with Crippen molar-refractivity contribution in [3.05, 3.63) is 0 Å². The van der Waals surface area contributed by atoms with Crippen LogP contribution in [0.2, 0.25) is 0 Å². The first kappa shape index (κ1) is 16.2. The molecule has 102 valence electrons. The largest absolute Gasteiger partial charge is 0.377 e. The summed E-state index contributed by atoms with van der Waals surface area (Å²) in [7, 11) is 3.52. The summed E-state index contributed by atoms with van der Waals surface area (Å²) in [6, 6.07) is 0. The summed E-state index contributed by atoms with van der Waals surface area (Å²) in [5.41, 5.74) is -0.174. The van der Waals surface area contributed by atoms with Crippen LogP contribution in [0.15, 0.2) is 4.99 Å². The first-order valence-corrected chi connectivity index (χ1v) is 6.48. The lowest BCUT2D eigenvalue weighted by molar-refractivity contribution is 0.0268. The number of guanidine groups is 1. The van der Waals surface area contributed by atoms with Crippen LogP contribution in [0.1, 0.15) is 40.5 Å². The highest BCUT2D eigenvalue weighted by atomic mass is 16.5. The van der Waals surface area contributed by atoms with Crippen LogP contribution < -0.4 is 10.6 Å². The number of ether oxygens (including phenoxy) is 1. The van der Waals surface area contributed by atoms with E-state index in [4.69, 9.17) is 4.74 Å². The van der Waals surface area contributed by atoms with Gasteiger partial charge in [0.05, 0.1) is 5.60 Å². The Morgan fingerprint density at radius 1 is 1.24 bits per heavy atom. The van der Waals surface area contributed by atoms with Gasteiger partial charge in [-0.2, -0.15) is 0 Å². The summed E-state index contributed by atoms with van der Waals surface area (Å²) in [4.78, 5) is 4.20. The predicted octanol–water partition coefficient (Wildman–Crippen LogP) is 2.01. The third-order valence-corrected chi connectivity index (χ3v) is 3.17. The van der Waals surface area contributed by atoms with E-state index in [9.17, 15) is 0 Å². The summed E-state index contributed by atoms with van der Waals surface area (Å²) in [5, 5.41) is 6.63. The van der Waals surface area contributed by atoms with Gasteiger partial charge in [-0.1, -0.05) is 26.7 Å². The maximum atomic E-state index is 5.36. The average molecular weight is 243 g/mol. The lowest BCUT2D eigenvalue weighted by Crippen LogP contribution is -2.46. The van der Waals surface area contributed by atoms with Gasteiger partial charge in [0.15, 0.2) is 5.96 Å². The summed E-state index contributed by atoms with van der Waals surface area (Å²) >= 11 is 0. The fraction of sp³-hybridized carbons (Fsp3) is 0.923. The van der Waals surface area contributed by atoms with Crippen molar-refractivity contribution in [3.63, 3.8) is 0 Å². The molecule has 0 aliphatic rings. The van der Waals surface area contributed by atoms with E-state index in [0.717, 1.165) is 19.0 Å². The van der Waals surface area contributed by atoms with E-state index < -0.39 is 0 Å². The van der Waals surface area contributed by atoms with Crippen molar-refractivity contribution in [2.45, 2.75) is 46.1 Å². The molecule has 0 fully saturated rings. The van der Waals surface area contributed by atoms with Gasteiger partial charge in [0, 0.05) is 27.2 Å². The molecule has 17 heavy (non-hydrogen) atoms. The number of nitrogens with zero attached hydrogens (tertiary/aromatic N) is 1. The fourth-order valence-corrected chi connectivity index (χ4v) is 1.41. The van der Waals surface area contributed by atoms with Gasteiger partial charge >= 0.3 is 0 Å². The number of aliphatic imine (C=N–C) groups is 1. The van der Waals surface area contributed by atoms with Gasteiger partial charge in [0.1, 0.15) is 0 Å². The molecular weight excluding hydrogens is 214 g/mol. The molecule has 0 heterocycles. The molecule has 0 aliphatic carbocycles. The van der Waals surface area contributed by atoms with Crippen LogP contribution in [-0.2, 0) is 4.74 Å². The summed E-state index contributed by atoms with van der Waals surface area (Å²) < 4.78 is 5.36. The number of nitrogens with one attached hydrogen (secondary N) is 2. The normalized spacial score (nSPS) is 13.0. The minimum absolute atomic E-state index is 0.174. The van der Waals surface area contributed by atoms with Crippen LogP contribution in [0.4, 0.5) is 0 Å². The van der Waals surface area contributed by atoms with Crippen molar-refractivity contribution in [2.75, 3.05) is 27.2 Å². The van der Waals surface area contributed by atoms with Crippen molar-refractivity contribution < 1.29 is 4.74 Å². The molecule has 0 atom stereocenters. The number of methoxy groups -OCH3 is 1. The Balaban J connectivity index is 4.02. The molecule has 0 aliphatic heterocycles. The monoisotopic (exact) mass is 243 g/mol. The van der Waals surface area contributed by atoms with Crippen molar-refractivity contribution in [3.8, 4) is 0 Å². The summed E-state index contributed by atoms with van der Waals surface area (Å²) in [5.74, 6) is 1.56. The van der Waals surface area contributed by atoms with Crippen LogP contribution >= 0.6 is 0 Å². The third-order valence-electron chi connectivity index (χ3n) is 3.17. The first-order chi connectivity index (χ1) is 7.99. The van der Waals surface area contributed by atoms with Crippen molar-refractivity contribution in [1.29, 1.82) is 0 Å².